The van der Waals surface area contributed by atoms with Crippen molar-refractivity contribution in [2.45, 2.75) is 31.9 Å². The summed E-state index contributed by atoms with van der Waals surface area (Å²) in [6, 6.07) is 2.50. The van der Waals surface area contributed by atoms with Gasteiger partial charge in [-0.3, -0.25) is 0 Å². The van der Waals surface area contributed by atoms with Gasteiger partial charge in [0.05, 0.1) is 5.56 Å². The highest BCUT2D eigenvalue weighted by Crippen LogP contribution is 2.28. The van der Waals surface area contributed by atoms with Crippen molar-refractivity contribution < 1.29 is 13.2 Å². The van der Waals surface area contributed by atoms with Crippen LogP contribution in [0.15, 0.2) is 21.0 Å². The second-order valence-electron chi connectivity index (χ2n) is 4.64. The minimum absolute atomic E-state index is 0.0522. The van der Waals surface area contributed by atoms with Crippen LogP contribution in [0.5, 0.6) is 0 Å². The molecule has 0 aliphatic heterocycles. The van der Waals surface area contributed by atoms with Gasteiger partial charge in [-0.2, -0.15) is 0 Å². The SMILES string of the molecule is CC(C)(C)S/N=C/c1cc(Br)cc(C(F)F)c1F. The quantitative estimate of drug-likeness (QED) is 0.531. The van der Waals surface area contributed by atoms with Crippen molar-refractivity contribution in [1.29, 1.82) is 0 Å². The maximum absolute atomic E-state index is 13.7. The fourth-order valence-electron chi connectivity index (χ4n) is 1.13. The van der Waals surface area contributed by atoms with Crippen molar-refractivity contribution in [1.82, 2.24) is 0 Å². The van der Waals surface area contributed by atoms with Crippen LogP contribution in [0.2, 0.25) is 0 Å². The molecule has 6 heteroatoms. The lowest BCUT2D eigenvalue weighted by molar-refractivity contribution is 0.146. The van der Waals surface area contributed by atoms with E-state index in [2.05, 4.69) is 20.3 Å². The van der Waals surface area contributed by atoms with Crippen LogP contribution >= 0.6 is 27.9 Å². The summed E-state index contributed by atoms with van der Waals surface area (Å²) in [6.07, 6.45) is -1.58. The Kier molecular flexibility index (Phi) is 5.28. The van der Waals surface area contributed by atoms with Gasteiger partial charge in [-0.05, 0) is 44.9 Å². The summed E-state index contributed by atoms with van der Waals surface area (Å²) in [5.74, 6) is -0.925. The molecule has 0 saturated heterocycles. The Hall–Kier alpha value is -0.490. The van der Waals surface area contributed by atoms with Crippen LogP contribution < -0.4 is 0 Å². The average molecular weight is 340 g/mol. The maximum atomic E-state index is 13.7. The van der Waals surface area contributed by atoms with E-state index in [-0.39, 0.29) is 10.3 Å². The van der Waals surface area contributed by atoms with Crippen LogP contribution in [0.3, 0.4) is 0 Å². The number of hydrogen-bond donors (Lipinski definition) is 0. The third-order valence-electron chi connectivity index (χ3n) is 1.85. The molecular weight excluding hydrogens is 327 g/mol. The molecule has 0 aromatic heterocycles. The molecule has 0 fully saturated rings. The second-order valence-corrected chi connectivity index (χ2v) is 7.17. The smallest absolute Gasteiger partial charge is 0.223 e. The summed E-state index contributed by atoms with van der Waals surface area (Å²) >= 11 is 4.34. The lowest BCUT2D eigenvalue weighted by atomic mass is 10.1. The maximum Gasteiger partial charge on any atom is 0.266 e. The van der Waals surface area contributed by atoms with E-state index in [4.69, 9.17) is 0 Å². The van der Waals surface area contributed by atoms with Crippen molar-refractivity contribution in [3.8, 4) is 0 Å². The predicted molar refractivity (Wildman–Crippen MR) is 74.0 cm³/mol. The molecule has 1 aromatic rings. The summed E-state index contributed by atoms with van der Waals surface area (Å²) in [7, 11) is 0. The summed E-state index contributed by atoms with van der Waals surface area (Å²) < 4.78 is 43.2. The molecule has 0 spiro atoms. The van der Waals surface area contributed by atoms with E-state index >= 15 is 0 Å². The monoisotopic (exact) mass is 339 g/mol. The Labute approximate surface area is 117 Å². The van der Waals surface area contributed by atoms with Crippen LogP contribution in [0.4, 0.5) is 13.2 Å². The normalized spacial score (nSPS) is 12.7. The molecule has 0 saturated carbocycles. The summed E-state index contributed by atoms with van der Waals surface area (Å²) in [4.78, 5) is 0. The molecule has 0 unspecified atom stereocenters. The number of halogens is 4. The van der Waals surface area contributed by atoms with Crippen molar-refractivity contribution in [3.63, 3.8) is 0 Å². The minimum Gasteiger partial charge on any atom is -0.223 e. The lowest BCUT2D eigenvalue weighted by Crippen LogP contribution is -2.05. The van der Waals surface area contributed by atoms with E-state index in [1.54, 1.807) is 0 Å². The third-order valence-corrected chi connectivity index (χ3v) is 3.06. The molecule has 0 amide bonds. The molecule has 0 radical (unpaired) electrons. The molecule has 0 aliphatic rings. The first-order valence-electron chi connectivity index (χ1n) is 5.19. The zero-order chi connectivity index (χ0) is 13.9. The fourth-order valence-corrected chi connectivity index (χ4v) is 2.10. The first kappa shape index (κ1) is 15.6. The van der Waals surface area contributed by atoms with Crippen molar-refractivity contribution in [2.75, 3.05) is 0 Å². The van der Waals surface area contributed by atoms with Crippen LogP contribution in [-0.2, 0) is 0 Å². The molecule has 1 aromatic carbocycles. The summed E-state index contributed by atoms with van der Waals surface area (Å²) in [5.41, 5.74) is -0.567. The van der Waals surface area contributed by atoms with E-state index < -0.39 is 17.8 Å². The molecule has 0 N–H and O–H groups in total. The Balaban J connectivity index is 3.03. The highest BCUT2D eigenvalue weighted by Gasteiger charge is 2.17. The molecule has 0 heterocycles. The van der Waals surface area contributed by atoms with E-state index in [0.717, 1.165) is 6.07 Å². The Morgan fingerprint density at radius 3 is 2.44 bits per heavy atom. The predicted octanol–water partition coefficient (Wildman–Crippen LogP) is 5.39. The number of hydrogen-bond acceptors (Lipinski definition) is 2. The van der Waals surface area contributed by atoms with Crippen molar-refractivity contribution in [2.24, 2.45) is 4.40 Å². The fraction of sp³-hybridized carbons (Fsp3) is 0.417. The molecule has 100 valence electrons. The van der Waals surface area contributed by atoms with Gasteiger partial charge < -0.3 is 0 Å². The third kappa shape index (κ3) is 4.65. The number of rotatable bonds is 3. The van der Waals surface area contributed by atoms with Crippen molar-refractivity contribution >= 4 is 34.1 Å². The number of nitrogens with zero attached hydrogens (tertiary/aromatic N) is 1. The van der Waals surface area contributed by atoms with Gasteiger partial charge in [0.25, 0.3) is 6.43 Å². The van der Waals surface area contributed by atoms with E-state index in [9.17, 15) is 13.2 Å². The first-order chi connectivity index (χ1) is 8.20. The highest BCUT2D eigenvalue weighted by molar-refractivity contribution is 9.10. The van der Waals surface area contributed by atoms with E-state index in [1.165, 1.54) is 24.2 Å². The largest absolute Gasteiger partial charge is 0.266 e. The van der Waals surface area contributed by atoms with Gasteiger partial charge in [0.1, 0.15) is 5.82 Å². The topological polar surface area (TPSA) is 12.4 Å². The average Bonchev–Trinajstić information content (AvgIpc) is 2.20. The Bertz CT molecular complexity index is 455. The van der Waals surface area contributed by atoms with E-state index in [0.29, 0.717) is 4.47 Å². The molecular formula is C12H13BrF3NS. The van der Waals surface area contributed by atoms with Gasteiger partial charge in [0.2, 0.25) is 0 Å². The molecule has 1 nitrogen and oxygen atoms in total. The minimum atomic E-state index is -2.84. The van der Waals surface area contributed by atoms with Gasteiger partial charge in [-0.1, -0.05) is 15.9 Å². The molecule has 0 bridgehead atoms. The van der Waals surface area contributed by atoms with Crippen molar-refractivity contribution in [3.05, 3.63) is 33.5 Å². The van der Waals surface area contributed by atoms with Crippen LogP contribution in [0.25, 0.3) is 0 Å². The summed E-state index contributed by atoms with van der Waals surface area (Å²) in [6.45, 7) is 5.87. The van der Waals surface area contributed by atoms with Crippen LogP contribution in [-0.4, -0.2) is 11.0 Å². The molecule has 18 heavy (non-hydrogen) atoms. The van der Waals surface area contributed by atoms with Gasteiger partial charge >= 0.3 is 0 Å². The highest BCUT2D eigenvalue weighted by atomic mass is 79.9. The second kappa shape index (κ2) is 6.10. The number of benzene rings is 1. The first-order valence-corrected chi connectivity index (χ1v) is 6.76. The molecule has 1 rings (SSSR count). The molecule has 0 atom stereocenters. The molecule has 0 aliphatic carbocycles. The van der Waals surface area contributed by atoms with Gasteiger partial charge in [-0.15, -0.1) is 0 Å². The lowest BCUT2D eigenvalue weighted by Gasteiger charge is -2.12. The Morgan fingerprint density at radius 2 is 1.94 bits per heavy atom. The zero-order valence-corrected chi connectivity index (χ0v) is 12.6. The van der Waals surface area contributed by atoms with Gasteiger partial charge in [0, 0.05) is 21.0 Å². The van der Waals surface area contributed by atoms with Crippen LogP contribution in [0.1, 0.15) is 38.3 Å². The Morgan fingerprint density at radius 1 is 1.33 bits per heavy atom. The van der Waals surface area contributed by atoms with Gasteiger partial charge in [-0.25, -0.2) is 17.6 Å². The van der Waals surface area contributed by atoms with Gasteiger partial charge in [0.15, 0.2) is 0 Å². The number of alkyl halides is 2. The van der Waals surface area contributed by atoms with Crippen LogP contribution in [0, 0.1) is 5.82 Å². The van der Waals surface area contributed by atoms with E-state index in [1.807, 2.05) is 20.8 Å². The zero-order valence-electron chi connectivity index (χ0n) is 10.2. The summed E-state index contributed by atoms with van der Waals surface area (Å²) in [5, 5.41) is 0. The standard InChI is InChI=1S/C12H13BrF3NS/c1-12(2,3)18-17-6-7-4-8(13)5-9(10(7)14)11(15)16/h4-6,11H,1-3H3/b17-6+.